The van der Waals surface area contributed by atoms with Gasteiger partial charge in [-0.05, 0) is 44.0 Å². The highest BCUT2D eigenvalue weighted by Crippen LogP contribution is 2.36. The van der Waals surface area contributed by atoms with Crippen molar-refractivity contribution in [2.45, 2.75) is 51.9 Å². The lowest BCUT2D eigenvalue weighted by Crippen LogP contribution is -2.41. The first-order valence-corrected chi connectivity index (χ1v) is 11.5. The molecule has 3 aromatic heterocycles. The molecule has 1 atom stereocenters. The number of fused-ring (bicyclic) bond motifs is 3. The molecule has 1 aliphatic heterocycles. The maximum absolute atomic E-state index is 12.9. The molecule has 0 fully saturated rings. The van der Waals surface area contributed by atoms with Gasteiger partial charge in [0.05, 0.1) is 23.3 Å². The minimum Gasteiger partial charge on any atom is -0.465 e. The average molecular weight is 475 g/mol. The van der Waals surface area contributed by atoms with Gasteiger partial charge in [0, 0.05) is 49.4 Å². The van der Waals surface area contributed by atoms with Crippen LogP contribution in [0, 0.1) is 0 Å². The van der Waals surface area contributed by atoms with E-state index in [1.165, 1.54) is 4.90 Å². The number of aryl methyl sites for hydroxylation is 3. The lowest BCUT2D eigenvalue weighted by molar-refractivity contribution is -0.121. The molecule has 0 bridgehead atoms. The fraction of sp³-hybridized carbons (Fsp3) is 0.333. The monoisotopic (exact) mass is 474 g/mol. The molecule has 180 valence electrons. The number of anilines is 1. The Labute approximate surface area is 201 Å². The Morgan fingerprint density at radius 2 is 2.00 bits per heavy atom. The second-order valence-corrected chi connectivity index (χ2v) is 8.55. The van der Waals surface area contributed by atoms with Gasteiger partial charge in [0.25, 0.3) is 0 Å². The van der Waals surface area contributed by atoms with Crippen molar-refractivity contribution in [2.24, 2.45) is 0 Å². The van der Waals surface area contributed by atoms with E-state index in [-0.39, 0.29) is 25.0 Å². The number of imidazole rings is 1. The van der Waals surface area contributed by atoms with E-state index in [0.29, 0.717) is 30.9 Å². The highest BCUT2D eigenvalue weighted by molar-refractivity contribution is 5.95. The summed E-state index contributed by atoms with van der Waals surface area (Å²) in [6, 6.07) is 7.17. The molecule has 0 spiro atoms. The summed E-state index contributed by atoms with van der Waals surface area (Å²) in [6.45, 7) is 2.83. The summed E-state index contributed by atoms with van der Waals surface area (Å²) >= 11 is 0. The van der Waals surface area contributed by atoms with Gasteiger partial charge in [-0.15, -0.1) is 0 Å². The van der Waals surface area contributed by atoms with Crippen LogP contribution in [-0.2, 0) is 37.3 Å². The van der Waals surface area contributed by atoms with Gasteiger partial charge in [-0.1, -0.05) is 0 Å². The smallest absolute Gasteiger partial charge is 0.412 e. The standard InChI is InChI=1S/C24H26N8O3/c1-16-4-5-17-18(32(16)24(34)35)6-7-19-23(17)29-21(8-13-30-12-3-11-28-30)31(19)15-22(33)27-14-20-25-9-2-10-26-20/h2-3,6-7,9-12,16H,4-5,8,13-15H2,1H3,(H,27,33)(H,34,35). The number of rotatable bonds is 7. The molecule has 0 saturated carbocycles. The molecular weight excluding hydrogens is 448 g/mol. The van der Waals surface area contributed by atoms with Gasteiger partial charge in [0.2, 0.25) is 5.91 Å². The minimum atomic E-state index is -0.973. The number of hydrogen-bond acceptors (Lipinski definition) is 6. The van der Waals surface area contributed by atoms with Crippen LogP contribution in [0.1, 0.15) is 30.6 Å². The predicted molar refractivity (Wildman–Crippen MR) is 128 cm³/mol. The van der Waals surface area contributed by atoms with Crippen molar-refractivity contribution in [3.8, 4) is 0 Å². The number of carbonyl (C=O) groups excluding carboxylic acids is 1. The molecule has 1 unspecified atom stereocenters. The lowest BCUT2D eigenvalue weighted by atomic mass is 9.96. The molecule has 0 aliphatic carbocycles. The molecule has 4 heterocycles. The minimum absolute atomic E-state index is 0.0790. The fourth-order valence-electron chi connectivity index (χ4n) is 4.58. The van der Waals surface area contributed by atoms with Gasteiger partial charge in [-0.3, -0.25) is 14.4 Å². The van der Waals surface area contributed by atoms with Crippen LogP contribution in [0.2, 0.25) is 0 Å². The number of amides is 2. The summed E-state index contributed by atoms with van der Waals surface area (Å²) in [5, 5.41) is 16.9. The fourth-order valence-corrected chi connectivity index (χ4v) is 4.58. The summed E-state index contributed by atoms with van der Waals surface area (Å²) in [5.41, 5.74) is 3.12. The zero-order valence-corrected chi connectivity index (χ0v) is 19.3. The van der Waals surface area contributed by atoms with Crippen LogP contribution < -0.4 is 10.2 Å². The van der Waals surface area contributed by atoms with Gasteiger partial charge < -0.3 is 15.0 Å². The summed E-state index contributed by atoms with van der Waals surface area (Å²) < 4.78 is 3.73. The first-order valence-electron chi connectivity index (χ1n) is 11.5. The number of carbonyl (C=O) groups is 2. The van der Waals surface area contributed by atoms with Crippen molar-refractivity contribution in [1.82, 2.24) is 34.6 Å². The number of hydrogen-bond donors (Lipinski definition) is 2. The zero-order chi connectivity index (χ0) is 24.4. The molecule has 5 rings (SSSR count). The van der Waals surface area contributed by atoms with Crippen molar-refractivity contribution < 1.29 is 14.7 Å². The van der Waals surface area contributed by atoms with Gasteiger partial charge in [-0.2, -0.15) is 5.10 Å². The van der Waals surface area contributed by atoms with E-state index >= 15 is 0 Å². The Morgan fingerprint density at radius 1 is 1.17 bits per heavy atom. The number of nitrogens with one attached hydrogen (secondary N) is 1. The molecular formula is C24H26N8O3. The summed E-state index contributed by atoms with van der Waals surface area (Å²) in [5.74, 6) is 1.10. The van der Waals surface area contributed by atoms with Crippen LogP contribution in [0.25, 0.3) is 11.0 Å². The Bertz CT molecular complexity index is 1350. The maximum Gasteiger partial charge on any atom is 0.412 e. The molecule has 11 nitrogen and oxygen atoms in total. The topological polar surface area (TPSA) is 131 Å². The van der Waals surface area contributed by atoms with Crippen LogP contribution in [-0.4, -0.2) is 52.4 Å². The van der Waals surface area contributed by atoms with Gasteiger partial charge in [0.15, 0.2) is 0 Å². The molecule has 2 amide bonds. The molecule has 2 N–H and O–H groups in total. The Balaban J connectivity index is 1.48. The Kier molecular flexibility index (Phi) is 6.13. The van der Waals surface area contributed by atoms with Crippen LogP contribution in [0.4, 0.5) is 10.5 Å². The van der Waals surface area contributed by atoms with Crippen LogP contribution in [0.3, 0.4) is 0 Å². The molecule has 11 heteroatoms. The van der Waals surface area contributed by atoms with Crippen LogP contribution in [0.15, 0.2) is 49.1 Å². The lowest BCUT2D eigenvalue weighted by Gasteiger charge is -2.33. The maximum atomic E-state index is 12.9. The van der Waals surface area contributed by atoms with E-state index in [0.717, 1.165) is 28.8 Å². The normalized spacial score (nSPS) is 15.2. The summed E-state index contributed by atoms with van der Waals surface area (Å²) in [7, 11) is 0. The molecule has 0 radical (unpaired) electrons. The van der Waals surface area contributed by atoms with Gasteiger partial charge in [0.1, 0.15) is 18.2 Å². The first-order chi connectivity index (χ1) is 17.0. The predicted octanol–water partition coefficient (Wildman–Crippen LogP) is 2.40. The van der Waals surface area contributed by atoms with Crippen molar-refractivity contribution in [2.75, 3.05) is 4.90 Å². The largest absolute Gasteiger partial charge is 0.465 e. The Morgan fingerprint density at radius 3 is 2.74 bits per heavy atom. The third-order valence-corrected chi connectivity index (χ3v) is 6.29. The number of carboxylic acid groups (broad SMARTS) is 1. The van der Waals surface area contributed by atoms with Crippen molar-refractivity contribution in [3.05, 3.63) is 66.3 Å². The van der Waals surface area contributed by atoms with E-state index in [1.807, 2.05) is 40.6 Å². The van der Waals surface area contributed by atoms with E-state index in [4.69, 9.17) is 4.98 Å². The highest BCUT2D eigenvalue weighted by Gasteiger charge is 2.30. The number of benzene rings is 1. The summed E-state index contributed by atoms with van der Waals surface area (Å²) in [6.07, 6.45) is 7.91. The second-order valence-electron chi connectivity index (χ2n) is 8.55. The molecule has 35 heavy (non-hydrogen) atoms. The van der Waals surface area contributed by atoms with E-state index in [1.54, 1.807) is 24.7 Å². The number of nitrogens with zero attached hydrogens (tertiary/aromatic N) is 7. The average Bonchev–Trinajstić information content (AvgIpc) is 3.49. The van der Waals surface area contributed by atoms with E-state index in [2.05, 4.69) is 20.4 Å². The zero-order valence-electron chi connectivity index (χ0n) is 19.3. The van der Waals surface area contributed by atoms with Crippen molar-refractivity contribution >= 4 is 28.7 Å². The summed E-state index contributed by atoms with van der Waals surface area (Å²) in [4.78, 5) is 39.4. The second kappa shape index (κ2) is 9.53. The van der Waals surface area contributed by atoms with Gasteiger partial charge in [-0.25, -0.2) is 19.7 Å². The first kappa shape index (κ1) is 22.5. The van der Waals surface area contributed by atoms with Crippen molar-refractivity contribution in [1.29, 1.82) is 0 Å². The van der Waals surface area contributed by atoms with E-state index in [9.17, 15) is 14.7 Å². The van der Waals surface area contributed by atoms with Crippen LogP contribution >= 0.6 is 0 Å². The molecule has 0 saturated heterocycles. The Hall–Kier alpha value is -4.28. The third-order valence-electron chi connectivity index (χ3n) is 6.29. The SMILES string of the molecule is CC1CCc2c(ccc3c2nc(CCn2cccn2)n3CC(=O)NCc2ncccn2)N1C(=O)O. The van der Waals surface area contributed by atoms with E-state index < -0.39 is 6.09 Å². The molecule has 1 aromatic carbocycles. The van der Waals surface area contributed by atoms with Gasteiger partial charge >= 0.3 is 6.09 Å². The van der Waals surface area contributed by atoms with Crippen LogP contribution in [0.5, 0.6) is 0 Å². The third kappa shape index (κ3) is 4.57. The molecule has 4 aromatic rings. The highest BCUT2D eigenvalue weighted by atomic mass is 16.4. The molecule has 1 aliphatic rings. The van der Waals surface area contributed by atoms with Crippen molar-refractivity contribution in [3.63, 3.8) is 0 Å². The quantitative estimate of drug-likeness (QED) is 0.420. The number of aromatic nitrogens is 6.